The average molecular weight is 427 g/mol. The summed E-state index contributed by atoms with van der Waals surface area (Å²) in [5.74, 6) is -1.00. The van der Waals surface area contributed by atoms with Gasteiger partial charge in [0.05, 0.1) is 16.9 Å². The van der Waals surface area contributed by atoms with Crippen molar-refractivity contribution in [2.45, 2.75) is 63.0 Å². The predicted octanol–water partition coefficient (Wildman–Crippen LogP) is 3.41. The van der Waals surface area contributed by atoms with Crippen LogP contribution in [0.15, 0.2) is 23.8 Å². The fourth-order valence-electron chi connectivity index (χ4n) is 7.24. The molecular formula is C22H28Cl2O4. The lowest BCUT2D eigenvalue weighted by atomic mass is 9.45. The third-order valence-corrected chi connectivity index (χ3v) is 9.94. The zero-order chi connectivity index (χ0) is 20.7. The van der Waals surface area contributed by atoms with Crippen LogP contribution in [0.4, 0.5) is 0 Å². The molecule has 0 aromatic carbocycles. The molecule has 0 aromatic rings. The Labute approximate surface area is 176 Å². The molecule has 2 N–H and O–H groups in total. The number of alkyl halides is 2. The molecule has 0 spiro atoms. The van der Waals surface area contributed by atoms with Crippen LogP contribution < -0.4 is 0 Å². The maximum absolute atomic E-state index is 12.7. The molecule has 154 valence electrons. The lowest BCUT2D eigenvalue weighted by Gasteiger charge is -2.63. The number of carbonyl (C=O) groups is 2. The number of allylic oxidation sites excluding steroid dienone is 4. The molecule has 0 unspecified atom stereocenters. The van der Waals surface area contributed by atoms with Gasteiger partial charge in [0.25, 0.3) is 0 Å². The van der Waals surface area contributed by atoms with E-state index in [9.17, 15) is 19.8 Å². The van der Waals surface area contributed by atoms with Crippen LogP contribution in [0.2, 0.25) is 0 Å². The highest BCUT2D eigenvalue weighted by molar-refractivity contribution is 6.29. The van der Waals surface area contributed by atoms with Crippen molar-refractivity contribution >= 4 is 34.8 Å². The number of aliphatic hydroxyl groups is 2. The van der Waals surface area contributed by atoms with Crippen molar-refractivity contribution in [3.63, 3.8) is 0 Å². The Hall–Kier alpha value is -0.680. The molecule has 4 aliphatic rings. The molecular weight excluding hydrogens is 399 g/mol. The zero-order valence-corrected chi connectivity index (χ0v) is 18.1. The Kier molecular flexibility index (Phi) is 4.53. The zero-order valence-electron chi connectivity index (χ0n) is 16.5. The Morgan fingerprint density at radius 2 is 2.00 bits per heavy atom. The van der Waals surface area contributed by atoms with E-state index >= 15 is 0 Å². The Balaban J connectivity index is 1.84. The molecule has 4 nitrogen and oxygen atoms in total. The van der Waals surface area contributed by atoms with Crippen LogP contribution in [0.5, 0.6) is 0 Å². The third kappa shape index (κ3) is 2.16. The highest BCUT2D eigenvalue weighted by Crippen LogP contribution is 2.71. The van der Waals surface area contributed by atoms with E-state index in [1.807, 2.05) is 26.8 Å². The maximum atomic E-state index is 12.7. The van der Waals surface area contributed by atoms with Crippen molar-refractivity contribution in [1.82, 2.24) is 0 Å². The summed E-state index contributed by atoms with van der Waals surface area (Å²) in [6, 6.07) is 0. The van der Waals surface area contributed by atoms with Crippen molar-refractivity contribution in [3.05, 3.63) is 23.8 Å². The number of rotatable bonds is 2. The smallest absolute Gasteiger partial charge is 0.179 e. The normalized spacial score (nSPS) is 52.5. The summed E-state index contributed by atoms with van der Waals surface area (Å²) in [6.45, 7) is 5.81. The second kappa shape index (κ2) is 6.16. The number of aliphatic hydroxyl groups excluding tert-OH is 1. The summed E-state index contributed by atoms with van der Waals surface area (Å²) in [6.07, 6.45) is 6.47. The highest BCUT2D eigenvalue weighted by Gasteiger charge is 2.74. The lowest BCUT2D eigenvalue weighted by molar-refractivity contribution is -0.175. The number of ketones is 2. The lowest BCUT2D eigenvalue weighted by Crippen LogP contribution is -2.68. The molecule has 8 atom stereocenters. The number of fused-ring (bicyclic) bond motifs is 5. The number of hydrogen-bond acceptors (Lipinski definition) is 4. The van der Waals surface area contributed by atoms with Gasteiger partial charge in [-0.15, -0.1) is 23.2 Å². The summed E-state index contributed by atoms with van der Waals surface area (Å²) in [5, 5.41) is 22.9. The first kappa shape index (κ1) is 20.6. The van der Waals surface area contributed by atoms with Crippen LogP contribution in [-0.4, -0.2) is 44.2 Å². The summed E-state index contributed by atoms with van der Waals surface area (Å²) in [5.41, 5.74) is -2.01. The van der Waals surface area contributed by atoms with Gasteiger partial charge in [0.2, 0.25) is 0 Å². The molecule has 6 heteroatoms. The largest absolute Gasteiger partial charge is 0.391 e. The Morgan fingerprint density at radius 1 is 1.32 bits per heavy atom. The molecule has 3 saturated carbocycles. The van der Waals surface area contributed by atoms with Gasteiger partial charge in [-0.3, -0.25) is 9.59 Å². The van der Waals surface area contributed by atoms with Gasteiger partial charge in [0.15, 0.2) is 11.6 Å². The molecule has 0 bridgehead atoms. The predicted molar refractivity (Wildman–Crippen MR) is 108 cm³/mol. The van der Waals surface area contributed by atoms with E-state index in [0.29, 0.717) is 6.42 Å². The van der Waals surface area contributed by atoms with Gasteiger partial charge in [-0.05, 0) is 55.6 Å². The van der Waals surface area contributed by atoms with Crippen molar-refractivity contribution in [2.24, 2.45) is 28.6 Å². The first-order valence-corrected chi connectivity index (χ1v) is 11.0. The van der Waals surface area contributed by atoms with Crippen LogP contribution in [0.1, 0.15) is 46.5 Å². The number of hydrogen-bond donors (Lipinski definition) is 2. The van der Waals surface area contributed by atoms with E-state index < -0.39 is 27.4 Å². The van der Waals surface area contributed by atoms with Crippen LogP contribution in [0, 0.1) is 28.6 Å². The molecule has 4 aliphatic carbocycles. The second-order valence-corrected chi connectivity index (χ2v) is 10.6. The topological polar surface area (TPSA) is 74.6 Å². The van der Waals surface area contributed by atoms with Gasteiger partial charge in [0.1, 0.15) is 5.60 Å². The third-order valence-electron chi connectivity index (χ3n) is 8.77. The summed E-state index contributed by atoms with van der Waals surface area (Å²) in [4.78, 5) is 23.7. The summed E-state index contributed by atoms with van der Waals surface area (Å²) in [7, 11) is 0. The Morgan fingerprint density at radius 3 is 2.64 bits per heavy atom. The maximum Gasteiger partial charge on any atom is 0.179 e. The second-order valence-electron chi connectivity index (χ2n) is 9.72. The Bertz CT molecular complexity index is 806. The molecule has 28 heavy (non-hydrogen) atoms. The first-order valence-electron chi connectivity index (χ1n) is 10.1. The quantitative estimate of drug-likeness (QED) is 0.663. The molecule has 0 aliphatic heterocycles. The summed E-state index contributed by atoms with van der Waals surface area (Å²) < 4.78 is 0. The first-order chi connectivity index (χ1) is 13.0. The molecule has 0 amide bonds. The van der Waals surface area contributed by atoms with Crippen molar-refractivity contribution in [3.8, 4) is 0 Å². The monoisotopic (exact) mass is 426 g/mol. The van der Waals surface area contributed by atoms with Gasteiger partial charge < -0.3 is 10.2 Å². The van der Waals surface area contributed by atoms with E-state index in [1.165, 1.54) is 0 Å². The van der Waals surface area contributed by atoms with Crippen molar-refractivity contribution in [2.75, 3.05) is 5.88 Å². The molecule has 3 fully saturated rings. The molecule has 0 aromatic heterocycles. The average Bonchev–Trinajstić information content (AvgIpc) is 2.84. The van der Waals surface area contributed by atoms with Crippen molar-refractivity contribution < 1.29 is 19.8 Å². The van der Waals surface area contributed by atoms with Gasteiger partial charge in [-0.1, -0.05) is 32.4 Å². The SMILES string of the molecule is C[C@H]1C[C@H]2[C@@H]3CCC4=CC(=O)C=C[C@]4(C)[C@@]3(Cl)[C@@H](O)C[C@]2(C)[C@]1(O)C(=O)CCl. The van der Waals surface area contributed by atoms with E-state index in [-0.39, 0.29) is 41.6 Å². The van der Waals surface area contributed by atoms with Gasteiger partial charge >= 0.3 is 0 Å². The fraction of sp³-hybridized carbons (Fsp3) is 0.727. The van der Waals surface area contributed by atoms with Gasteiger partial charge in [0, 0.05) is 10.8 Å². The standard InChI is InChI=1S/C22H28Cl2O4/c1-12-8-16-15-5-4-13-9-14(25)6-7-19(13,2)21(15,24)17(26)10-20(16,3)22(12,28)18(27)11-23/h6-7,9,12,15-17,26,28H,4-5,8,10-11H2,1-3H3/t12-,15-,16-,17-,19-,20-,21-,22+/m0/s1. The van der Waals surface area contributed by atoms with Crippen LogP contribution in [0.25, 0.3) is 0 Å². The van der Waals surface area contributed by atoms with E-state index in [0.717, 1.165) is 18.4 Å². The minimum Gasteiger partial charge on any atom is -0.391 e. The van der Waals surface area contributed by atoms with Crippen LogP contribution in [0.3, 0.4) is 0 Å². The minimum absolute atomic E-state index is 0.00929. The molecule has 0 heterocycles. The van der Waals surface area contributed by atoms with Crippen LogP contribution in [-0.2, 0) is 9.59 Å². The summed E-state index contributed by atoms with van der Waals surface area (Å²) >= 11 is 13.2. The van der Waals surface area contributed by atoms with Gasteiger partial charge in [-0.2, -0.15) is 0 Å². The molecule has 0 saturated heterocycles. The minimum atomic E-state index is -1.56. The van der Waals surface area contributed by atoms with E-state index in [4.69, 9.17) is 23.2 Å². The molecule has 4 rings (SSSR count). The number of Topliss-reactive ketones (excluding diaryl/α,β-unsaturated/α-hetero) is 1. The van der Waals surface area contributed by atoms with Gasteiger partial charge in [-0.25, -0.2) is 0 Å². The van der Waals surface area contributed by atoms with Crippen molar-refractivity contribution in [1.29, 1.82) is 0 Å². The molecule has 0 radical (unpaired) electrons. The number of carbonyl (C=O) groups excluding carboxylic acids is 2. The van der Waals surface area contributed by atoms with E-state index in [1.54, 1.807) is 12.2 Å². The number of halogens is 2. The highest BCUT2D eigenvalue weighted by atomic mass is 35.5. The van der Waals surface area contributed by atoms with E-state index in [2.05, 4.69) is 0 Å². The fourth-order valence-corrected chi connectivity index (χ4v) is 7.97. The van der Waals surface area contributed by atoms with Crippen LogP contribution >= 0.6 is 23.2 Å².